The second-order valence-electron chi connectivity index (χ2n) is 32.6. The van der Waals surface area contributed by atoms with E-state index in [-0.39, 0.29) is 205 Å². The molecule has 4 aromatic carbocycles. The zero-order valence-corrected chi connectivity index (χ0v) is 82.5. The quantitative estimate of drug-likeness (QED) is 0.0129. The van der Waals surface area contributed by atoms with Gasteiger partial charge < -0.3 is 149 Å². The third-order valence-corrected chi connectivity index (χ3v) is 22.2. The van der Waals surface area contributed by atoms with Crippen LogP contribution in [0.5, 0.6) is 17.6 Å². The van der Waals surface area contributed by atoms with Crippen LogP contribution in [-0.2, 0) is 136 Å². The van der Waals surface area contributed by atoms with E-state index < -0.39 is 11.6 Å². The van der Waals surface area contributed by atoms with Crippen LogP contribution in [0.1, 0.15) is 115 Å². The summed E-state index contributed by atoms with van der Waals surface area (Å²) >= 11 is 12.0. The number of urea groups is 1. The predicted molar refractivity (Wildman–Crippen MR) is 531 cm³/mol. The van der Waals surface area contributed by atoms with Gasteiger partial charge >= 0.3 is 6.03 Å². The molecule has 0 aliphatic heterocycles. The molecule has 0 bridgehead atoms. The van der Waals surface area contributed by atoms with Crippen LogP contribution in [0.4, 0.5) is 22.6 Å². The molecule has 0 aliphatic carbocycles. The first-order valence-corrected chi connectivity index (χ1v) is 49.2. The summed E-state index contributed by atoms with van der Waals surface area (Å²) in [6.45, 7) is 11.0. The Balaban J connectivity index is 0.615. The van der Waals surface area contributed by atoms with Gasteiger partial charge in [-0.25, -0.2) is 19.7 Å². The van der Waals surface area contributed by atoms with Crippen molar-refractivity contribution < 1.29 is 109 Å². The molecular weight excluding hydrogens is 1900 g/mol. The van der Waals surface area contributed by atoms with Crippen molar-refractivity contribution in [2.75, 3.05) is 240 Å². The number of rotatable bonds is 82. The van der Waals surface area contributed by atoms with Crippen LogP contribution in [0.25, 0.3) is 33.5 Å². The molecule has 0 fully saturated rings. The third kappa shape index (κ3) is 46.4. The molecule has 44 nitrogen and oxygen atoms in total. The zero-order chi connectivity index (χ0) is 100. The summed E-state index contributed by atoms with van der Waals surface area (Å²) < 4.78 is 104. The van der Waals surface area contributed by atoms with E-state index in [9.17, 15) is 24.0 Å². The molecule has 15 N–H and O–H groups in total. The minimum absolute atomic E-state index is 0.0406. The molecule has 0 atom stereocenters. The molecule has 0 saturated carbocycles. The van der Waals surface area contributed by atoms with Gasteiger partial charge in [0.2, 0.25) is 59.1 Å². The van der Waals surface area contributed by atoms with Gasteiger partial charge in [0.1, 0.15) is 19.8 Å². The van der Waals surface area contributed by atoms with Gasteiger partial charge in [-0.3, -0.25) is 19.2 Å². The monoisotopic (exact) mass is 2030 g/mol. The SMILES string of the molecule is Nc1nc(OCc2ccc(COCCOCCOCCOCCNC(=O)CCC(CCC(=O)NCCOCCOCCOCCOCc3ccc(COc4nc(N)nc5[nH]cnc45)cc3)(CCC(=O)NCCOCCOCCOCCOCc3ccc(COc4nc(N)nc5[nH]cnc45)cc3)NC(=O)NCCOCCOCCOCCNC(=O)CCCc3ccc(C(CCCl)CCCl)cc3)cc2)c2nc[nH]c2n1. The second kappa shape index (κ2) is 68.7. The van der Waals surface area contributed by atoms with Crippen LogP contribution >= 0.6 is 23.2 Å². The number of fused-ring (bicyclic) bond motifs is 3. The zero-order valence-electron chi connectivity index (χ0n) is 81.0. The van der Waals surface area contributed by atoms with Crippen LogP contribution in [-0.4, -0.2) is 318 Å². The molecule has 0 unspecified atom stereocenters. The predicted octanol–water partition coefficient (Wildman–Crippen LogP) is 7.53. The van der Waals surface area contributed by atoms with Gasteiger partial charge in [0.15, 0.2) is 33.5 Å². The van der Waals surface area contributed by atoms with Crippen molar-refractivity contribution in [3.05, 3.63) is 161 Å². The maximum Gasteiger partial charge on any atom is 0.315 e. The summed E-state index contributed by atoms with van der Waals surface area (Å²) in [4.78, 5) is 114. The number of aromatic nitrogens is 12. The number of imidazole rings is 3. The first-order chi connectivity index (χ1) is 70.1. The van der Waals surface area contributed by atoms with Gasteiger partial charge in [-0.1, -0.05) is 97.1 Å². The number of nitrogens with zero attached hydrogens (tertiary/aromatic N) is 9. The van der Waals surface area contributed by atoms with E-state index in [2.05, 4.69) is 116 Å². The number of ether oxygens (including phenoxy) is 18. The molecule has 0 radical (unpaired) electrons. The summed E-state index contributed by atoms with van der Waals surface area (Å²) in [6.07, 6.45) is 8.04. The maximum absolute atomic E-state index is 14.1. The normalized spacial score (nSPS) is 11.6. The van der Waals surface area contributed by atoms with Gasteiger partial charge in [0, 0.05) is 75.7 Å². The molecule has 782 valence electrons. The lowest BCUT2D eigenvalue weighted by atomic mass is 9.83. The fourth-order valence-corrected chi connectivity index (χ4v) is 14.7. The number of carbonyl (C=O) groups excluding carboxylic acids is 5. The van der Waals surface area contributed by atoms with Gasteiger partial charge in [0.05, 0.1) is 217 Å². The number of nitrogens with two attached hydrogens (primary N) is 3. The molecule has 6 heterocycles. The topological polar surface area (TPSA) is 565 Å². The van der Waals surface area contributed by atoms with E-state index >= 15 is 0 Å². The molecule has 46 heteroatoms. The summed E-state index contributed by atoms with van der Waals surface area (Å²) in [5, 5.41) is 17.5. The Bertz CT molecular complexity index is 4800. The molecule has 10 aromatic rings. The van der Waals surface area contributed by atoms with Crippen LogP contribution in [0.3, 0.4) is 0 Å². The van der Waals surface area contributed by atoms with Crippen molar-refractivity contribution in [3.8, 4) is 17.6 Å². The lowest BCUT2D eigenvalue weighted by Crippen LogP contribution is -2.54. The Morgan fingerprint density at radius 2 is 0.559 bits per heavy atom. The number of benzene rings is 4. The summed E-state index contributed by atoms with van der Waals surface area (Å²) in [7, 11) is 0. The second-order valence-corrected chi connectivity index (χ2v) is 33.3. The largest absolute Gasteiger partial charge is 0.471 e. The van der Waals surface area contributed by atoms with Crippen LogP contribution in [0.2, 0.25) is 0 Å². The number of nitrogens with one attached hydrogen (secondary N) is 9. The van der Waals surface area contributed by atoms with Gasteiger partial charge in [-0.15, -0.1) is 23.2 Å². The molecule has 0 saturated heterocycles. The van der Waals surface area contributed by atoms with E-state index in [1.807, 2.05) is 72.8 Å². The minimum Gasteiger partial charge on any atom is -0.471 e. The number of hydrogen-bond acceptors (Lipinski definition) is 35. The van der Waals surface area contributed by atoms with Crippen LogP contribution in [0, 0.1) is 0 Å². The average molecular weight is 2040 g/mol. The lowest BCUT2D eigenvalue weighted by molar-refractivity contribution is -0.123. The number of carbonyl (C=O) groups is 5. The van der Waals surface area contributed by atoms with Crippen LogP contribution < -0.4 is 63.3 Å². The summed E-state index contributed by atoms with van der Waals surface area (Å²) in [5.74, 6) is 1.57. The van der Waals surface area contributed by atoms with E-state index in [1.165, 1.54) is 30.1 Å². The molecule has 143 heavy (non-hydrogen) atoms. The Morgan fingerprint density at radius 3 is 0.846 bits per heavy atom. The van der Waals surface area contributed by atoms with Crippen molar-refractivity contribution in [1.82, 2.24) is 91.7 Å². The summed E-state index contributed by atoms with van der Waals surface area (Å²) in [6, 6.07) is 31.3. The van der Waals surface area contributed by atoms with Gasteiger partial charge in [0.25, 0.3) is 0 Å². The van der Waals surface area contributed by atoms with Crippen molar-refractivity contribution in [2.45, 2.75) is 122 Å². The highest BCUT2D eigenvalue weighted by molar-refractivity contribution is 6.18. The van der Waals surface area contributed by atoms with Crippen molar-refractivity contribution >= 4 is 104 Å². The number of alkyl halides is 2. The highest BCUT2D eigenvalue weighted by Gasteiger charge is 2.34. The van der Waals surface area contributed by atoms with Crippen molar-refractivity contribution in [2.24, 2.45) is 0 Å². The van der Waals surface area contributed by atoms with E-state index in [1.54, 1.807) is 0 Å². The molecule has 6 aromatic heterocycles. The van der Waals surface area contributed by atoms with E-state index in [4.69, 9.17) is 126 Å². The van der Waals surface area contributed by atoms with Gasteiger partial charge in [-0.05, 0) is 95.4 Å². The number of anilines is 3. The number of hydrogen-bond donors (Lipinski definition) is 12. The number of amides is 6. The highest BCUT2D eigenvalue weighted by Crippen LogP contribution is 2.30. The number of halogens is 2. The Morgan fingerprint density at radius 1 is 0.308 bits per heavy atom. The Labute approximate surface area is 840 Å². The maximum atomic E-state index is 14.1. The Kier molecular flexibility index (Phi) is 54.4. The smallest absolute Gasteiger partial charge is 0.315 e. The molecule has 6 amide bonds. The molecule has 0 aliphatic rings. The Hall–Kier alpha value is -11.5. The number of H-pyrrole nitrogens is 3. The fraction of sp³-hybridized carbons (Fsp3) is 0.546. The minimum atomic E-state index is -1.27. The molecule has 0 spiro atoms. The standard InChI is InChI=1S/C97H137Cl2N21O23/c98-28-23-79(24-29-99)78-18-16-71(17-19-78)2-1-3-80(121)103-30-35-126-40-45-131-49-44-130-39-34-107-96(125)120-97(25-20-81(122)104-31-36-127-41-46-132-50-53-135-56-59-138-62-72-4-10-75(11-5-72)65-141-90-84-87(111-68-108-84)114-93(100)117-90,26-21-82(123)105-32-37-128-42-47-133-51-54-136-57-60-139-63-73-6-12-76(13-7-73)66-142-91-85-88(112-69-109-85)115-94(101)118-91)27-22-83(124)106-33-38-129-43-48-134-52-55-137-58-61-140-64-74-8-14-77(15-9-74)67-143-92-86-89(113-70-110-86)116-95(102)119-92/h4-19,68-70,79H,1-3,20-67H2,(H,103,121)(H,104,122)(H,105,123)(H,106,124)(H2,107,120,125)(H3,100,108,111,114,117)(H3,101,109,112,115,118)(H3,102,110,113,116,119). The van der Waals surface area contributed by atoms with Crippen LogP contribution in [0.15, 0.2) is 116 Å². The van der Waals surface area contributed by atoms with E-state index in [0.717, 1.165) is 59.1 Å². The molecule has 10 rings (SSSR count). The molecular formula is C97H137Cl2N21O23. The number of aromatic amines is 3. The van der Waals surface area contributed by atoms with Crippen molar-refractivity contribution in [3.63, 3.8) is 0 Å². The van der Waals surface area contributed by atoms with Crippen molar-refractivity contribution in [1.29, 1.82) is 0 Å². The third-order valence-electron chi connectivity index (χ3n) is 21.8. The lowest BCUT2D eigenvalue weighted by Gasteiger charge is -2.35. The number of nitrogen functional groups attached to an aromatic ring is 3. The number of aryl methyl sites for hydroxylation is 1. The fourth-order valence-electron chi connectivity index (χ4n) is 14.2. The van der Waals surface area contributed by atoms with Gasteiger partial charge in [-0.2, -0.15) is 29.9 Å². The first kappa shape index (κ1) is 113. The van der Waals surface area contributed by atoms with E-state index in [0.29, 0.717) is 201 Å². The average Bonchev–Trinajstić information content (AvgIpc) is 1.70. The highest BCUT2D eigenvalue weighted by atomic mass is 35.5. The first-order valence-electron chi connectivity index (χ1n) is 48.2. The summed E-state index contributed by atoms with van der Waals surface area (Å²) in [5.41, 5.74) is 27.3.